The average molecular weight is 989 g/mol. The van der Waals surface area contributed by atoms with Crippen LogP contribution in [0.4, 0.5) is 0 Å². The smallest absolute Gasteiger partial charge is 0.305 e. The van der Waals surface area contributed by atoms with Crippen LogP contribution in [0.3, 0.4) is 0 Å². The van der Waals surface area contributed by atoms with Gasteiger partial charge in [0.1, 0.15) is 0 Å². The molecule has 0 saturated carbocycles. The van der Waals surface area contributed by atoms with Gasteiger partial charge in [0.25, 0.3) is 0 Å². The van der Waals surface area contributed by atoms with E-state index in [1.165, 1.54) is 283 Å². The first kappa shape index (κ1) is 68.6. The Labute approximate surface area is 438 Å². The molecule has 0 aromatic rings. The van der Waals surface area contributed by atoms with Gasteiger partial charge in [-0.3, -0.25) is 9.59 Å². The summed E-state index contributed by atoms with van der Waals surface area (Å²) >= 11 is 0. The van der Waals surface area contributed by atoms with Gasteiger partial charge in [0.05, 0.1) is 25.4 Å². The molecule has 2 unspecified atom stereocenters. The zero-order chi connectivity index (χ0) is 50.7. The molecule has 0 aromatic carbocycles. The van der Waals surface area contributed by atoms with Crippen LogP contribution < -0.4 is 5.32 Å². The van der Waals surface area contributed by atoms with Crippen molar-refractivity contribution < 1.29 is 24.5 Å². The van der Waals surface area contributed by atoms with E-state index in [0.29, 0.717) is 25.9 Å². The summed E-state index contributed by atoms with van der Waals surface area (Å²) in [7, 11) is 0. The maximum Gasteiger partial charge on any atom is 0.305 e. The summed E-state index contributed by atoms with van der Waals surface area (Å²) in [4.78, 5) is 24.5. The van der Waals surface area contributed by atoms with Crippen molar-refractivity contribution in [2.45, 2.75) is 373 Å². The second-order valence-corrected chi connectivity index (χ2v) is 22.1. The molecule has 6 heteroatoms. The lowest BCUT2D eigenvalue weighted by Gasteiger charge is -2.22. The number of carbonyl (C=O) groups is 2. The number of unbranched alkanes of at least 4 members (excludes halogenated alkanes) is 47. The highest BCUT2D eigenvalue weighted by molar-refractivity contribution is 5.76. The first-order valence-electron chi connectivity index (χ1n) is 31.9. The van der Waals surface area contributed by atoms with Crippen LogP contribution in [0.2, 0.25) is 0 Å². The molecule has 0 spiro atoms. The van der Waals surface area contributed by atoms with Crippen LogP contribution in [0.1, 0.15) is 361 Å². The Balaban J connectivity index is 3.38. The van der Waals surface area contributed by atoms with Gasteiger partial charge in [-0.15, -0.1) is 0 Å². The second kappa shape index (κ2) is 60.2. The first-order valence-corrected chi connectivity index (χ1v) is 31.9. The molecule has 0 aliphatic rings. The fourth-order valence-corrected chi connectivity index (χ4v) is 10.2. The predicted octanol–water partition coefficient (Wildman–Crippen LogP) is 20.0. The molecular formula is C64H125NO5. The van der Waals surface area contributed by atoms with E-state index in [1.807, 2.05) is 0 Å². The van der Waals surface area contributed by atoms with E-state index < -0.39 is 12.1 Å². The minimum Gasteiger partial charge on any atom is -0.466 e. The van der Waals surface area contributed by atoms with Gasteiger partial charge in [0.2, 0.25) is 5.91 Å². The summed E-state index contributed by atoms with van der Waals surface area (Å²) in [5.41, 5.74) is 0. The molecule has 0 fully saturated rings. The number of amides is 1. The Morgan fingerprint density at radius 3 is 1.04 bits per heavy atom. The molecule has 416 valence electrons. The van der Waals surface area contributed by atoms with Gasteiger partial charge >= 0.3 is 5.97 Å². The molecule has 0 bridgehead atoms. The van der Waals surface area contributed by atoms with Crippen LogP contribution in [-0.4, -0.2) is 47.4 Å². The van der Waals surface area contributed by atoms with Gasteiger partial charge in [0.15, 0.2) is 0 Å². The molecule has 0 rings (SSSR count). The number of hydrogen-bond acceptors (Lipinski definition) is 5. The first-order chi connectivity index (χ1) is 34.5. The monoisotopic (exact) mass is 988 g/mol. The summed E-state index contributed by atoms with van der Waals surface area (Å²) in [5.74, 6) is -0.0275. The molecule has 3 N–H and O–H groups in total. The number of aliphatic hydroxyl groups excluding tert-OH is 2. The lowest BCUT2D eigenvalue weighted by Crippen LogP contribution is -2.45. The lowest BCUT2D eigenvalue weighted by atomic mass is 10.0. The fourth-order valence-electron chi connectivity index (χ4n) is 10.2. The Kier molecular flexibility index (Phi) is 59.0. The molecule has 2 atom stereocenters. The largest absolute Gasteiger partial charge is 0.466 e. The molecule has 0 aliphatic heterocycles. The number of ether oxygens (including phenoxy) is 1. The Bertz CT molecular complexity index is 1050. The summed E-state index contributed by atoms with van der Waals surface area (Å²) in [6.07, 6.45) is 72.2. The number of rotatable bonds is 60. The van der Waals surface area contributed by atoms with Gasteiger partial charge in [-0.2, -0.15) is 0 Å². The highest BCUT2D eigenvalue weighted by Crippen LogP contribution is 2.18. The SMILES string of the molecule is CCCCC/C=C\CCCCCCCC(=O)OCCCCCCCCCCCCCCCCCCCCCCCCC(=O)NC(CO)C(O)CCCCCCCCCCCCCCCCCCCCC. The highest BCUT2D eigenvalue weighted by atomic mass is 16.5. The third-order valence-corrected chi connectivity index (χ3v) is 15.1. The standard InChI is InChI=1S/C64H125NO5/c1-3-5-7-9-11-13-15-17-18-19-24-27-30-33-36-40-44-48-52-56-62(67)61(60-66)65-63(68)57-53-49-45-41-37-34-31-28-25-22-20-21-23-26-29-32-35-39-43-47-51-55-59-70-64(69)58-54-50-46-42-38-16-14-12-10-8-6-4-2/h12,14,61-62,66-67H,3-11,13,15-60H2,1-2H3,(H,65,68)/b14-12-. The number of esters is 1. The summed E-state index contributed by atoms with van der Waals surface area (Å²) < 4.78 is 5.47. The molecule has 70 heavy (non-hydrogen) atoms. The zero-order valence-electron chi connectivity index (χ0n) is 47.5. The maximum absolute atomic E-state index is 12.5. The number of aliphatic hydroxyl groups is 2. The molecule has 6 nitrogen and oxygen atoms in total. The van der Waals surface area contributed by atoms with Gasteiger partial charge in [-0.25, -0.2) is 0 Å². The van der Waals surface area contributed by atoms with Crippen LogP contribution in [0, 0.1) is 0 Å². The molecule has 0 aromatic heterocycles. The van der Waals surface area contributed by atoms with Gasteiger partial charge in [-0.05, 0) is 51.4 Å². The minimum atomic E-state index is -0.664. The summed E-state index contributed by atoms with van der Waals surface area (Å²) in [6, 6.07) is -0.541. The number of carbonyl (C=O) groups excluding carboxylic acids is 2. The van der Waals surface area contributed by atoms with Crippen molar-refractivity contribution in [3.63, 3.8) is 0 Å². The van der Waals surface area contributed by atoms with E-state index in [4.69, 9.17) is 4.74 Å². The van der Waals surface area contributed by atoms with Crippen LogP contribution in [0.15, 0.2) is 12.2 Å². The third-order valence-electron chi connectivity index (χ3n) is 15.1. The predicted molar refractivity (Wildman–Crippen MR) is 306 cm³/mol. The van der Waals surface area contributed by atoms with Crippen molar-refractivity contribution in [3.8, 4) is 0 Å². The van der Waals surface area contributed by atoms with E-state index in [1.54, 1.807) is 0 Å². The van der Waals surface area contributed by atoms with Crippen molar-refractivity contribution in [1.29, 1.82) is 0 Å². The highest BCUT2D eigenvalue weighted by Gasteiger charge is 2.20. The molecule has 0 saturated heterocycles. The van der Waals surface area contributed by atoms with E-state index in [-0.39, 0.29) is 18.5 Å². The Morgan fingerprint density at radius 2 is 0.671 bits per heavy atom. The fraction of sp³-hybridized carbons (Fsp3) is 0.938. The quantitative estimate of drug-likeness (QED) is 0.0321. The van der Waals surface area contributed by atoms with E-state index in [9.17, 15) is 19.8 Å². The number of nitrogens with one attached hydrogen (secondary N) is 1. The van der Waals surface area contributed by atoms with E-state index in [2.05, 4.69) is 31.3 Å². The van der Waals surface area contributed by atoms with Crippen LogP contribution in [0.5, 0.6) is 0 Å². The molecule has 0 aliphatic carbocycles. The van der Waals surface area contributed by atoms with Crippen LogP contribution >= 0.6 is 0 Å². The van der Waals surface area contributed by atoms with Crippen molar-refractivity contribution in [2.75, 3.05) is 13.2 Å². The van der Waals surface area contributed by atoms with Crippen LogP contribution in [-0.2, 0) is 14.3 Å². The average Bonchev–Trinajstić information content (AvgIpc) is 3.36. The summed E-state index contributed by atoms with van der Waals surface area (Å²) in [5, 5.41) is 23.4. The van der Waals surface area contributed by atoms with Gasteiger partial charge in [0, 0.05) is 12.8 Å². The second-order valence-electron chi connectivity index (χ2n) is 22.1. The van der Waals surface area contributed by atoms with E-state index in [0.717, 1.165) is 44.9 Å². The van der Waals surface area contributed by atoms with Crippen molar-refractivity contribution >= 4 is 11.9 Å². The normalized spacial score (nSPS) is 12.6. The van der Waals surface area contributed by atoms with Crippen LogP contribution in [0.25, 0.3) is 0 Å². The molecule has 0 heterocycles. The topological polar surface area (TPSA) is 95.9 Å². The van der Waals surface area contributed by atoms with Gasteiger partial charge in [-0.1, -0.05) is 309 Å². The third kappa shape index (κ3) is 55.9. The lowest BCUT2D eigenvalue weighted by molar-refractivity contribution is -0.143. The number of hydrogen-bond donors (Lipinski definition) is 3. The van der Waals surface area contributed by atoms with Crippen molar-refractivity contribution in [3.05, 3.63) is 12.2 Å². The van der Waals surface area contributed by atoms with Crippen molar-refractivity contribution in [1.82, 2.24) is 5.32 Å². The Hall–Kier alpha value is -1.40. The molecule has 0 radical (unpaired) electrons. The van der Waals surface area contributed by atoms with Crippen molar-refractivity contribution in [2.24, 2.45) is 0 Å². The van der Waals surface area contributed by atoms with Gasteiger partial charge < -0.3 is 20.3 Å². The maximum atomic E-state index is 12.5. The molecule has 1 amide bonds. The Morgan fingerprint density at radius 1 is 0.386 bits per heavy atom. The van der Waals surface area contributed by atoms with E-state index >= 15 is 0 Å². The number of allylic oxidation sites excluding steroid dienone is 2. The summed E-state index contributed by atoms with van der Waals surface area (Å²) in [6.45, 7) is 4.96. The zero-order valence-corrected chi connectivity index (χ0v) is 47.5. The minimum absolute atomic E-state index is 0.00398. The molecular weight excluding hydrogens is 863 g/mol.